The van der Waals surface area contributed by atoms with Gasteiger partial charge in [0, 0.05) is 18.0 Å². The lowest BCUT2D eigenvalue weighted by molar-refractivity contribution is -0.137. The molecule has 0 aliphatic heterocycles. The van der Waals surface area contributed by atoms with Crippen LogP contribution in [0.25, 0.3) is 0 Å². The molecule has 2 rings (SSSR count). The number of benzene rings is 1. The zero-order valence-corrected chi connectivity index (χ0v) is 14.5. The summed E-state index contributed by atoms with van der Waals surface area (Å²) in [7, 11) is 0. The van der Waals surface area contributed by atoms with Crippen LogP contribution in [-0.4, -0.2) is 25.0 Å². The fourth-order valence-electron chi connectivity index (χ4n) is 1.75. The van der Waals surface area contributed by atoms with Gasteiger partial charge in [0.15, 0.2) is 11.5 Å². The van der Waals surface area contributed by atoms with Crippen LogP contribution in [0.1, 0.15) is 37.7 Å². The minimum atomic E-state index is -4.73. The molecule has 0 bridgehead atoms. The quantitative estimate of drug-likeness (QED) is 0.465. The minimum Gasteiger partial charge on any atom is -0.591 e. The van der Waals surface area contributed by atoms with E-state index in [-0.39, 0.29) is 17.1 Å². The fraction of sp³-hybridized carbons (Fsp3) is 0.312. The molecule has 0 saturated carbocycles. The third-order valence-corrected chi connectivity index (χ3v) is 4.37. The summed E-state index contributed by atoms with van der Waals surface area (Å²) >= 11 is -1.80. The summed E-state index contributed by atoms with van der Waals surface area (Å²) in [5.41, 5.74) is -1.54. The van der Waals surface area contributed by atoms with Crippen LogP contribution < -0.4 is 0 Å². The molecule has 1 aromatic heterocycles. The molecule has 9 heteroatoms. The lowest BCUT2D eigenvalue weighted by Gasteiger charge is -2.19. The first-order chi connectivity index (χ1) is 11.5. The predicted octanol–water partition coefficient (Wildman–Crippen LogP) is 3.93. The highest BCUT2D eigenvalue weighted by molar-refractivity contribution is 7.91. The molecule has 0 N–H and O–H groups in total. The number of halogens is 4. The summed E-state index contributed by atoms with van der Waals surface area (Å²) < 4.78 is 68.2. The second-order valence-electron chi connectivity index (χ2n) is 6.10. The number of aromatic nitrogens is 2. The van der Waals surface area contributed by atoms with E-state index in [1.807, 2.05) is 0 Å². The van der Waals surface area contributed by atoms with E-state index in [0.717, 1.165) is 12.1 Å². The van der Waals surface area contributed by atoms with Crippen molar-refractivity contribution in [3.63, 3.8) is 0 Å². The van der Waals surface area contributed by atoms with Crippen molar-refractivity contribution in [2.75, 3.05) is 0 Å². The largest absolute Gasteiger partial charge is 0.591 e. The Morgan fingerprint density at radius 2 is 1.68 bits per heavy atom. The Hall–Kier alpha value is -2.00. The van der Waals surface area contributed by atoms with Crippen LogP contribution in [0.2, 0.25) is 0 Å². The summed E-state index contributed by atoms with van der Waals surface area (Å²) in [4.78, 5) is 7.86. The molecule has 134 valence electrons. The minimum absolute atomic E-state index is 0.0428. The summed E-state index contributed by atoms with van der Waals surface area (Å²) in [5.74, 6) is -1.13. The van der Waals surface area contributed by atoms with Gasteiger partial charge in [-0.2, -0.15) is 13.2 Å². The average molecular weight is 373 g/mol. The van der Waals surface area contributed by atoms with E-state index in [9.17, 15) is 22.1 Å². The molecule has 4 nitrogen and oxygen atoms in total. The first kappa shape index (κ1) is 19.3. The van der Waals surface area contributed by atoms with Gasteiger partial charge in [-0.3, -0.25) is 0 Å². The van der Waals surface area contributed by atoms with E-state index in [4.69, 9.17) is 0 Å². The first-order valence-electron chi connectivity index (χ1n) is 7.15. The van der Waals surface area contributed by atoms with Crippen molar-refractivity contribution in [2.24, 2.45) is 4.40 Å². The van der Waals surface area contributed by atoms with Crippen LogP contribution in [0.15, 0.2) is 41.1 Å². The Bertz CT molecular complexity index is 773. The molecule has 1 heterocycles. The SMILES string of the molecule is CC(C)(C)[S+]([O-])N=C(c1cc(F)cc(C(F)(F)F)c1)c1ncccn1. The number of alkyl halides is 3. The van der Waals surface area contributed by atoms with Crippen LogP contribution >= 0.6 is 0 Å². The van der Waals surface area contributed by atoms with Gasteiger partial charge in [0.1, 0.15) is 21.9 Å². The number of rotatable bonds is 3. The van der Waals surface area contributed by atoms with Crippen molar-refractivity contribution in [3.8, 4) is 0 Å². The summed E-state index contributed by atoms with van der Waals surface area (Å²) in [5, 5.41) is 0. The van der Waals surface area contributed by atoms with Crippen molar-refractivity contribution in [3.05, 3.63) is 59.4 Å². The number of nitrogens with zero attached hydrogens (tertiary/aromatic N) is 3. The molecule has 1 atom stereocenters. The van der Waals surface area contributed by atoms with Crippen molar-refractivity contribution in [1.82, 2.24) is 9.97 Å². The highest BCUT2D eigenvalue weighted by atomic mass is 32.2. The molecule has 0 spiro atoms. The topological polar surface area (TPSA) is 61.2 Å². The van der Waals surface area contributed by atoms with Gasteiger partial charge in [-0.1, -0.05) is 4.40 Å². The van der Waals surface area contributed by atoms with Crippen molar-refractivity contribution in [2.45, 2.75) is 31.7 Å². The van der Waals surface area contributed by atoms with Crippen LogP contribution in [0, 0.1) is 5.82 Å². The highest BCUT2D eigenvalue weighted by Crippen LogP contribution is 2.31. The molecule has 0 aliphatic rings. The van der Waals surface area contributed by atoms with Gasteiger partial charge < -0.3 is 4.55 Å². The molecule has 1 unspecified atom stereocenters. The number of hydrogen-bond donors (Lipinski definition) is 0. The molecular weight excluding hydrogens is 358 g/mol. The van der Waals surface area contributed by atoms with Gasteiger partial charge in [-0.25, -0.2) is 14.4 Å². The van der Waals surface area contributed by atoms with Crippen molar-refractivity contribution >= 4 is 17.1 Å². The summed E-state index contributed by atoms with van der Waals surface area (Å²) in [6.45, 7) is 4.97. The molecule has 0 fully saturated rings. The maximum Gasteiger partial charge on any atom is 0.416 e. The molecule has 25 heavy (non-hydrogen) atoms. The second-order valence-corrected chi connectivity index (χ2v) is 8.01. The third kappa shape index (κ3) is 4.99. The van der Waals surface area contributed by atoms with Gasteiger partial charge in [-0.15, -0.1) is 0 Å². The predicted molar refractivity (Wildman–Crippen MR) is 87.0 cm³/mol. The monoisotopic (exact) mass is 373 g/mol. The summed E-state index contributed by atoms with van der Waals surface area (Å²) in [6, 6.07) is 3.50. The number of hydrogen-bond acceptors (Lipinski definition) is 4. The maximum atomic E-state index is 13.7. The highest BCUT2D eigenvalue weighted by Gasteiger charge is 2.33. The normalized spacial score (nSPS) is 14.5. The van der Waals surface area contributed by atoms with E-state index < -0.39 is 33.7 Å². The Labute approximate surface area is 145 Å². The Kier molecular flexibility index (Phi) is 5.48. The smallest absolute Gasteiger partial charge is 0.416 e. The van der Waals surface area contributed by atoms with Gasteiger partial charge in [-0.05, 0) is 45.0 Å². The zero-order chi connectivity index (χ0) is 18.8. The van der Waals surface area contributed by atoms with E-state index in [0.29, 0.717) is 6.07 Å². The second kappa shape index (κ2) is 7.09. The third-order valence-electron chi connectivity index (χ3n) is 2.97. The van der Waals surface area contributed by atoms with E-state index in [1.165, 1.54) is 18.5 Å². The maximum absolute atomic E-state index is 13.7. The van der Waals surface area contributed by atoms with E-state index in [1.54, 1.807) is 20.8 Å². The average Bonchev–Trinajstić information content (AvgIpc) is 2.50. The van der Waals surface area contributed by atoms with Crippen molar-refractivity contribution < 1.29 is 22.1 Å². The fourth-order valence-corrected chi connectivity index (χ4v) is 2.38. The molecule has 1 aromatic carbocycles. The van der Waals surface area contributed by atoms with Crippen LogP contribution in [0.3, 0.4) is 0 Å². The van der Waals surface area contributed by atoms with Gasteiger partial charge in [0.2, 0.25) is 0 Å². The molecule has 0 radical (unpaired) electrons. The molecule has 2 aromatic rings. The molecule has 0 amide bonds. The molecule has 0 aliphatic carbocycles. The van der Waals surface area contributed by atoms with E-state index in [2.05, 4.69) is 14.4 Å². The first-order valence-corrected chi connectivity index (χ1v) is 8.25. The van der Waals surface area contributed by atoms with Crippen LogP contribution in [0.4, 0.5) is 17.6 Å². The summed E-state index contributed by atoms with van der Waals surface area (Å²) in [6.07, 6.45) is -2.01. The van der Waals surface area contributed by atoms with Gasteiger partial charge in [0.25, 0.3) is 0 Å². The zero-order valence-electron chi connectivity index (χ0n) is 13.6. The molecular formula is C16H15F4N3OS. The van der Waals surface area contributed by atoms with Crippen LogP contribution in [-0.2, 0) is 17.5 Å². The Morgan fingerprint density at radius 1 is 1.08 bits per heavy atom. The lowest BCUT2D eigenvalue weighted by atomic mass is 10.1. The van der Waals surface area contributed by atoms with Gasteiger partial charge >= 0.3 is 6.18 Å². The van der Waals surface area contributed by atoms with Gasteiger partial charge in [0.05, 0.1) is 5.56 Å². The molecule has 0 saturated heterocycles. The standard InChI is InChI=1S/C16H15F4N3OS/c1-15(2,3)25(24)23-13(14-21-5-4-6-22-14)10-7-11(16(18,19)20)9-12(17)8-10/h4-9H,1-3H3. The Morgan fingerprint density at radius 3 is 2.20 bits per heavy atom. The lowest BCUT2D eigenvalue weighted by Crippen LogP contribution is -2.27. The van der Waals surface area contributed by atoms with Crippen molar-refractivity contribution in [1.29, 1.82) is 0 Å². The van der Waals surface area contributed by atoms with E-state index >= 15 is 0 Å². The Balaban J connectivity index is 2.65. The van der Waals surface area contributed by atoms with Crippen LogP contribution in [0.5, 0.6) is 0 Å².